The predicted octanol–water partition coefficient (Wildman–Crippen LogP) is 4.67. The number of aliphatic hydroxyl groups excluding tert-OH is 1. The number of ketones is 1. The number of Topliss-reactive ketones (excluding diaryl/α,β-unsaturated/α-hetero) is 1. The van der Waals surface area contributed by atoms with Gasteiger partial charge in [0.15, 0.2) is 0 Å². The van der Waals surface area contributed by atoms with Crippen molar-refractivity contribution in [1.29, 1.82) is 0 Å². The Kier molecular flexibility index (Phi) is 4.80. The Morgan fingerprint density at radius 3 is 2.36 bits per heavy atom. The molecule has 4 rings (SSSR count). The van der Waals surface area contributed by atoms with Gasteiger partial charge in [0.1, 0.15) is 5.76 Å². The van der Waals surface area contributed by atoms with Crippen molar-refractivity contribution < 1.29 is 14.7 Å². The van der Waals surface area contributed by atoms with Crippen molar-refractivity contribution in [1.82, 2.24) is 4.90 Å². The summed E-state index contributed by atoms with van der Waals surface area (Å²) in [6.07, 6.45) is 3.93. The van der Waals surface area contributed by atoms with Crippen LogP contribution >= 0.6 is 0 Å². The molecule has 0 spiro atoms. The first kappa shape index (κ1) is 18.5. The summed E-state index contributed by atoms with van der Waals surface area (Å²) in [6, 6.07) is 14.8. The van der Waals surface area contributed by atoms with E-state index < -0.39 is 17.7 Å². The van der Waals surface area contributed by atoms with Gasteiger partial charge in [0.2, 0.25) is 0 Å². The number of aryl methyl sites for hydroxylation is 2. The minimum atomic E-state index is -0.584. The van der Waals surface area contributed by atoms with Gasteiger partial charge in [-0.3, -0.25) is 9.59 Å². The number of hydrogen-bond acceptors (Lipinski definition) is 3. The summed E-state index contributed by atoms with van der Waals surface area (Å²) in [5, 5.41) is 11.2. The van der Waals surface area contributed by atoms with Crippen molar-refractivity contribution in [2.75, 3.05) is 0 Å². The summed E-state index contributed by atoms with van der Waals surface area (Å²) in [7, 11) is 0. The Morgan fingerprint density at radius 2 is 1.68 bits per heavy atom. The lowest BCUT2D eigenvalue weighted by Crippen LogP contribution is -2.37. The lowest BCUT2D eigenvalue weighted by atomic mass is 9.93. The fourth-order valence-electron chi connectivity index (χ4n) is 4.51. The maximum Gasteiger partial charge on any atom is 0.295 e. The van der Waals surface area contributed by atoms with Gasteiger partial charge >= 0.3 is 0 Å². The summed E-state index contributed by atoms with van der Waals surface area (Å²) in [5.41, 5.74) is 3.55. The smallest absolute Gasteiger partial charge is 0.295 e. The Hall–Kier alpha value is -2.88. The third kappa shape index (κ3) is 3.03. The van der Waals surface area contributed by atoms with Crippen molar-refractivity contribution in [3.05, 3.63) is 76.4 Å². The van der Waals surface area contributed by atoms with Gasteiger partial charge in [0, 0.05) is 11.6 Å². The molecular weight excluding hydrogens is 350 g/mol. The van der Waals surface area contributed by atoms with E-state index in [1.54, 1.807) is 4.90 Å². The molecule has 2 fully saturated rings. The zero-order valence-electron chi connectivity index (χ0n) is 16.3. The molecule has 1 aliphatic heterocycles. The van der Waals surface area contributed by atoms with Crippen LogP contribution in [0.5, 0.6) is 0 Å². The molecule has 4 nitrogen and oxygen atoms in total. The van der Waals surface area contributed by atoms with Crippen LogP contribution in [0.2, 0.25) is 0 Å². The number of amides is 1. The van der Waals surface area contributed by atoms with Crippen LogP contribution in [-0.4, -0.2) is 27.7 Å². The standard InChI is InChI=1S/C24H25NO3/c1-15-12-13-16(2)19(14-15)22(26)20-21(17-8-4-3-5-9-17)25(24(28)23(20)27)18-10-6-7-11-18/h3-5,8-9,12-14,18,21,26H,6-7,10-11H2,1-2H3/b22-20+. The molecule has 0 radical (unpaired) electrons. The molecule has 1 atom stereocenters. The summed E-state index contributed by atoms with van der Waals surface area (Å²) in [4.78, 5) is 27.8. The quantitative estimate of drug-likeness (QED) is 0.482. The molecule has 1 saturated heterocycles. The zero-order valence-corrected chi connectivity index (χ0v) is 16.3. The molecule has 144 valence electrons. The molecule has 2 aliphatic rings. The highest BCUT2D eigenvalue weighted by atomic mass is 16.3. The molecular formula is C24H25NO3. The van der Waals surface area contributed by atoms with Crippen LogP contribution in [0.25, 0.3) is 5.76 Å². The first-order valence-corrected chi connectivity index (χ1v) is 9.91. The number of likely N-dealkylation sites (tertiary alicyclic amines) is 1. The van der Waals surface area contributed by atoms with Crippen LogP contribution in [0.15, 0.2) is 54.1 Å². The first-order chi connectivity index (χ1) is 13.5. The van der Waals surface area contributed by atoms with Crippen molar-refractivity contribution in [3.63, 3.8) is 0 Å². The minimum Gasteiger partial charge on any atom is -0.507 e. The van der Waals surface area contributed by atoms with Crippen LogP contribution < -0.4 is 0 Å². The molecule has 1 heterocycles. The molecule has 1 aliphatic carbocycles. The second-order valence-electron chi connectivity index (χ2n) is 7.87. The number of benzene rings is 2. The predicted molar refractivity (Wildman–Crippen MR) is 109 cm³/mol. The van der Waals surface area contributed by atoms with Gasteiger partial charge in [0.05, 0.1) is 11.6 Å². The molecule has 28 heavy (non-hydrogen) atoms. The number of rotatable bonds is 3. The van der Waals surface area contributed by atoms with E-state index in [2.05, 4.69) is 0 Å². The Morgan fingerprint density at radius 1 is 1.00 bits per heavy atom. The van der Waals surface area contributed by atoms with Gasteiger partial charge in [-0.05, 0) is 43.9 Å². The number of aliphatic hydroxyl groups is 1. The van der Waals surface area contributed by atoms with E-state index in [1.807, 2.05) is 62.4 Å². The van der Waals surface area contributed by atoms with Crippen molar-refractivity contribution in [2.45, 2.75) is 51.6 Å². The van der Waals surface area contributed by atoms with Crippen molar-refractivity contribution in [2.24, 2.45) is 0 Å². The summed E-state index contributed by atoms with van der Waals surface area (Å²) in [5.74, 6) is -1.15. The molecule has 0 bridgehead atoms. The second-order valence-corrected chi connectivity index (χ2v) is 7.87. The van der Waals surface area contributed by atoms with Crippen LogP contribution in [0.4, 0.5) is 0 Å². The maximum absolute atomic E-state index is 13.1. The Balaban J connectivity index is 1.92. The SMILES string of the molecule is Cc1ccc(C)c(/C(O)=C2\C(=O)C(=O)N(C3CCCC3)C2c2ccccc2)c1. The van der Waals surface area contributed by atoms with Crippen LogP contribution in [0.3, 0.4) is 0 Å². The van der Waals surface area contributed by atoms with Gasteiger partial charge in [-0.25, -0.2) is 0 Å². The van der Waals surface area contributed by atoms with E-state index in [9.17, 15) is 14.7 Å². The largest absolute Gasteiger partial charge is 0.507 e. The minimum absolute atomic E-state index is 0.0468. The van der Waals surface area contributed by atoms with E-state index >= 15 is 0 Å². The average Bonchev–Trinajstić information content (AvgIpc) is 3.31. The molecule has 1 amide bonds. The van der Waals surface area contributed by atoms with Gasteiger partial charge in [-0.15, -0.1) is 0 Å². The van der Waals surface area contributed by atoms with Crippen LogP contribution in [0.1, 0.15) is 54.0 Å². The van der Waals surface area contributed by atoms with Gasteiger partial charge in [-0.2, -0.15) is 0 Å². The number of nitrogens with zero attached hydrogens (tertiary/aromatic N) is 1. The molecule has 4 heteroatoms. The van der Waals surface area contributed by atoms with E-state index in [4.69, 9.17) is 0 Å². The van der Waals surface area contributed by atoms with E-state index in [1.165, 1.54) is 0 Å². The fraction of sp³-hybridized carbons (Fsp3) is 0.333. The third-order valence-corrected chi connectivity index (χ3v) is 5.96. The lowest BCUT2D eigenvalue weighted by molar-refractivity contribution is -0.141. The molecule has 1 N–H and O–H groups in total. The summed E-state index contributed by atoms with van der Waals surface area (Å²) in [6.45, 7) is 3.85. The third-order valence-electron chi connectivity index (χ3n) is 5.96. The Labute approximate surface area is 165 Å². The molecule has 1 saturated carbocycles. The highest BCUT2D eigenvalue weighted by Crippen LogP contribution is 2.43. The van der Waals surface area contributed by atoms with Crippen LogP contribution in [0, 0.1) is 13.8 Å². The zero-order chi connectivity index (χ0) is 19.8. The first-order valence-electron chi connectivity index (χ1n) is 9.91. The number of hydrogen-bond donors (Lipinski definition) is 1. The number of carbonyl (C=O) groups is 2. The average molecular weight is 375 g/mol. The maximum atomic E-state index is 13.1. The highest BCUT2D eigenvalue weighted by Gasteiger charge is 2.49. The van der Waals surface area contributed by atoms with Gasteiger partial charge in [0.25, 0.3) is 11.7 Å². The van der Waals surface area contributed by atoms with E-state index in [0.717, 1.165) is 42.4 Å². The summed E-state index contributed by atoms with van der Waals surface area (Å²) >= 11 is 0. The monoisotopic (exact) mass is 375 g/mol. The molecule has 2 aromatic carbocycles. The molecule has 2 aromatic rings. The van der Waals surface area contributed by atoms with E-state index in [0.29, 0.717) is 5.56 Å². The fourth-order valence-corrected chi connectivity index (χ4v) is 4.51. The normalized spacial score (nSPS) is 22.2. The molecule has 1 unspecified atom stereocenters. The summed E-state index contributed by atoms with van der Waals surface area (Å²) < 4.78 is 0. The van der Waals surface area contributed by atoms with Crippen LogP contribution in [-0.2, 0) is 9.59 Å². The lowest BCUT2D eigenvalue weighted by Gasteiger charge is -2.30. The van der Waals surface area contributed by atoms with Gasteiger partial charge in [-0.1, -0.05) is 60.9 Å². The molecule has 0 aromatic heterocycles. The highest BCUT2D eigenvalue weighted by molar-refractivity contribution is 6.46. The second kappa shape index (κ2) is 7.27. The van der Waals surface area contributed by atoms with Crippen molar-refractivity contribution >= 4 is 17.4 Å². The number of carbonyl (C=O) groups excluding carboxylic acids is 2. The van der Waals surface area contributed by atoms with Crippen molar-refractivity contribution in [3.8, 4) is 0 Å². The Bertz CT molecular complexity index is 955. The van der Waals surface area contributed by atoms with E-state index in [-0.39, 0.29) is 17.4 Å². The van der Waals surface area contributed by atoms with Gasteiger partial charge < -0.3 is 10.0 Å². The topological polar surface area (TPSA) is 57.6 Å².